The first-order valence-electron chi connectivity index (χ1n) is 6.57. The van der Waals surface area contributed by atoms with Gasteiger partial charge in [0.05, 0.1) is 11.2 Å². The molecule has 0 aliphatic carbocycles. The topological polar surface area (TPSA) is 21.3 Å². The highest BCUT2D eigenvalue weighted by molar-refractivity contribution is 4.98. The van der Waals surface area contributed by atoms with E-state index in [0.717, 1.165) is 24.8 Å². The van der Waals surface area contributed by atoms with Crippen LogP contribution in [0, 0.1) is 11.8 Å². The van der Waals surface area contributed by atoms with Gasteiger partial charge in [0, 0.05) is 6.04 Å². The smallest absolute Gasteiger partial charge is 0.0787 e. The van der Waals surface area contributed by atoms with Gasteiger partial charge < -0.3 is 10.1 Å². The van der Waals surface area contributed by atoms with Gasteiger partial charge in [0.2, 0.25) is 0 Å². The Morgan fingerprint density at radius 2 is 1.75 bits per heavy atom. The summed E-state index contributed by atoms with van der Waals surface area (Å²) in [6.07, 6.45) is 1.10. The highest BCUT2D eigenvalue weighted by atomic mass is 16.5. The Balaban J connectivity index is 2.49. The van der Waals surface area contributed by atoms with E-state index in [4.69, 9.17) is 4.74 Å². The fourth-order valence-corrected chi connectivity index (χ4v) is 2.44. The molecule has 96 valence electrons. The predicted molar refractivity (Wildman–Crippen MR) is 69.7 cm³/mol. The molecule has 0 amide bonds. The number of ether oxygens (including phenoxy) is 1. The molecule has 1 rings (SSSR count). The number of nitrogens with one attached hydrogen (secondary N) is 1. The Morgan fingerprint density at radius 3 is 2.12 bits per heavy atom. The van der Waals surface area contributed by atoms with Crippen LogP contribution in [0.3, 0.4) is 0 Å². The molecule has 1 aliphatic rings. The van der Waals surface area contributed by atoms with Gasteiger partial charge in [-0.3, -0.25) is 0 Å². The standard InChI is InChI=1S/C14H29NO/c1-10(2)11(3)9-15-12-8-13(4,5)16-14(12,6)7/h10-12,15H,8-9H2,1-7H3. The quantitative estimate of drug-likeness (QED) is 0.796. The predicted octanol–water partition coefficient (Wildman–Crippen LogP) is 3.21. The zero-order chi connectivity index (χ0) is 12.6. The van der Waals surface area contributed by atoms with E-state index in [1.165, 1.54) is 0 Å². The fourth-order valence-electron chi connectivity index (χ4n) is 2.44. The molecule has 2 nitrogen and oxygen atoms in total. The van der Waals surface area contributed by atoms with Gasteiger partial charge >= 0.3 is 0 Å². The number of hydrogen-bond acceptors (Lipinski definition) is 2. The van der Waals surface area contributed by atoms with Crippen LogP contribution in [-0.2, 0) is 4.74 Å². The molecule has 1 fully saturated rings. The molecule has 1 saturated heterocycles. The van der Waals surface area contributed by atoms with Crippen molar-refractivity contribution in [2.24, 2.45) is 11.8 Å². The second kappa shape index (κ2) is 4.66. The Hall–Kier alpha value is -0.0800. The average molecular weight is 227 g/mol. The number of rotatable bonds is 4. The minimum atomic E-state index is -0.0415. The van der Waals surface area contributed by atoms with Gasteiger partial charge in [-0.05, 0) is 52.5 Å². The maximum Gasteiger partial charge on any atom is 0.0787 e. The van der Waals surface area contributed by atoms with E-state index in [2.05, 4.69) is 53.8 Å². The van der Waals surface area contributed by atoms with E-state index >= 15 is 0 Å². The maximum atomic E-state index is 6.08. The normalized spacial score (nSPS) is 29.6. The van der Waals surface area contributed by atoms with E-state index in [1.54, 1.807) is 0 Å². The van der Waals surface area contributed by atoms with Crippen LogP contribution in [-0.4, -0.2) is 23.8 Å². The molecule has 0 aromatic heterocycles. The molecule has 0 saturated carbocycles. The second-order valence-corrected chi connectivity index (χ2v) is 6.85. The summed E-state index contributed by atoms with van der Waals surface area (Å²) in [5.41, 5.74) is -0.0254. The van der Waals surface area contributed by atoms with E-state index in [9.17, 15) is 0 Å². The lowest BCUT2D eigenvalue weighted by Gasteiger charge is -2.29. The lowest BCUT2D eigenvalue weighted by atomic mass is 9.92. The molecule has 0 aromatic rings. The van der Waals surface area contributed by atoms with Crippen LogP contribution < -0.4 is 5.32 Å². The minimum absolute atomic E-state index is 0.0161. The van der Waals surface area contributed by atoms with E-state index < -0.39 is 0 Å². The average Bonchev–Trinajstić information content (AvgIpc) is 2.29. The van der Waals surface area contributed by atoms with Gasteiger partial charge in [0.15, 0.2) is 0 Å². The van der Waals surface area contributed by atoms with Crippen molar-refractivity contribution in [3.05, 3.63) is 0 Å². The molecule has 2 atom stereocenters. The third-order valence-electron chi connectivity index (χ3n) is 3.90. The van der Waals surface area contributed by atoms with Gasteiger partial charge in [0.25, 0.3) is 0 Å². The first-order chi connectivity index (χ1) is 7.14. The van der Waals surface area contributed by atoms with Crippen LogP contribution in [0.5, 0.6) is 0 Å². The van der Waals surface area contributed by atoms with Crippen LogP contribution in [0.1, 0.15) is 54.9 Å². The summed E-state index contributed by atoms with van der Waals surface area (Å²) in [7, 11) is 0. The molecule has 2 unspecified atom stereocenters. The Kier molecular flexibility index (Phi) is 4.07. The molecule has 0 aromatic carbocycles. The van der Waals surface area contributed by atoms with Crippen LogP contribution in [0.15, 0.2) is 0 Å². The van der Waals surface area contributed by atoms with Crippen molar-refractivity contribution < 1.29 is 4.74 Å². The molecule has 1 N–H and O–H groups in total. The molecule has 1 aliphatic heterocycles. The first kappa shape index (κ1) is 14.0. The zero-order valence-corrected chi connectivity index (χ0v) is 12.1. The third-order valence-corrected chi connectivity index (χ3v) is 3.90. The second-order valence-electron chi connectivity index (χ2n) is 6.85. The minimum Gasteiger partial charge on any atom is -0.368 e. The summed E-state index contributed by atoms with van der Waals surface area (Å²) in [5.74, 6) is 1.46. The van der Waals surface area contributed by atoms with Crippen molar-refractivity contribution in [1.82, 2.24) is 5.32 Å². The highest BCUT2D eigenvalue weighted by Gasteiger charge is 2.45. The van der Waals surface area contributed by atoms with Gasteiger partial charge in [0.1, 0.15) is 0 Å². The van der Waals surface area contributed by atoms with E-state index in [0.29, 0.717) is 6.04 Å². The number of hydrogen-bond donors (Lipinski definition) is 1. The lowest BCUT2D eigenvalue weighted by molar-refractivity contribution is -0.0700. The van der Waals surface area contributed by atoms with E-state index in [-0.39, 0.29) is 11.2 Å². The van der Waals surface area contributed by atoms with Crippen molar-refractivity contribution in [1.29, 1.82) is 0 Å². The highest BCUT2D eigenvalue weighted by Crippen LogP contribution is 2.37. The summed E-state index contributed by atoms with van der Waals surface area (Å²) in [4.78, 5) is 0. The molecule has 0 bridgehead atoms. The van der Waals surface area contributed by atoms with Gasteiger partial charge in [-0.2, -0.15) is 0 Å². The molecular weight excluding hydrogens is 198 g/mol. The van der Waals surface area contributed by atoms with Crippen molar-refractivity contribution in [2.45, 2.75) is 72.1 Å². The lowest BCUT2D eigenvalue weighted by Crippen LogP contribution is -2.45. The fraction of sp³-hybridized carbons (Fsp3) is 1.00. The van der Waals surface area contributed by atoms with Crippen LogP contribution in [0.25, 0.3) is 0 Å². The van der Waals surface area contributed by atoms with Crippen molar-refractivity contribution in [2.75, 3.05) is 6.54 Å². The van der Waals surface area contributed by atoms with Crippen LogP contribution in [0.4, 0.5) is 0 Å². The van der Waals surface area contributed by atoms with Crippen LogP contribution in [0.2, 0.25) is 0 Å². The Labute approximate surface area is 101 Å². The summed E-state index contributed by atoms with van der Waals surface area (Å²) >= 11 is 0. The van der Waals surface area contributed by atoms with Gasteiger partial charge in [-0.25, -0.2) is 0 Å². The molecule has 2 heteroatoms. The molecule has 0 radical (unpaired) electrons. The third kappa shape index (κ3) is 3.46. The van der Waals surface area contributed by atoms with Gasteiger partial charge in [-0.1, -0.05) is 20.8 Å². The zero-order valence-electron chi connectivity index (χ0n) is 12.1. The van der Waals surface area contributed by atoms with Crippen molar-refractivity contribution in [3.63, 3.8) is 0 Å². The Morgan fingerprint density at radius 1 is 1.19 bits per heavy atom. The molecule has 0 spiro atoms. The SMILES string of the molecule is CC(C)C(C)CNC1CC(C)(C)OC1(C)C. The first-order valence-corrected chi connectivity index (χ1v) is 6.57. The molecular formula is C14H29NO. The molecule has 16 heavy (non-hydrogen) atoms. The monoisotopic (exact) mass is 227 g/mol. The summed E-state index contributed by atoms with van der Waals surface area (Å²) in [6.45, 7) is 16.7. The van der Waals surface area contributed by atoms with Crippen molar-refractivity contribution >= 4 is 0 Å². The van der Waals surface area contributed by atoms with Crippen molar-refractivity contribution in [3.8, 4) is 0 Å². The van der Waals surface area contributed by atoms with E-state index in [1.807, 2.05) is 0 Å². The molecule has 1 heterocycles. The van der Waals surface area contributed by atoms with Crippen LogP contribution >= 0.6 is 0 Å². The summed E-state index contributed by atoms with van der Waals surface area (Å²) < 4.78 is 6.08. The summed E-state index contributed by atoms with van der Waals surface area (Å²) in [6, 6.07) is 0.476. The maximum absolute atomic E-state index is 6.08. The Bertz CT molecular complexity index is 233. The summed E-state index contributed by atoms with van der Waals surface area (Å²) in [5, 5.41) is 3.68. The largest absolute Gasteiger partial charge is 0.368 e. The van der Waals surface area contributed by atoms with Gasteiger partial charge in [-0.15, -0.1) is 0 Å².